The summed E-state index contributed by atoms with van der Waals surface area (Å²) in [7, 11) is 0. The Morgan fingerprint density at radius 2 is 2.28 bits per heavy atom. The number of phenols is 1. The fourth-order valence-electron chi connectivity index (χ4n) is 2.58. The minimum Gasteiger partial charge on any atom is -0.508 e. The summed E-state index contributed by atoms with van der Waals surface area (Å²) in [5.74, 6) is 1.48. The highest BCUT2D eigenvalue weighted by atomic mass is 16.5. The van der Waals surface area contributed by atoms with Crippen molar-refractivity contribution in [2.45, 2.75) is 32.6 Å². The van der Waals surface area contributed by atoms with Crippen LogP contribution in [0.15, 0.2) is 24.3 Å². The van der Waals surface area contributed by atoms with Crippen molar-refractivity contribution >= 4 is 5.97 Å². The predicted molar refractivity (Wildman–Crippen MR) is 69.4 cm³/mol. The number of esters is 1. The fraction of sp³-hybridized carbons (Fsp3) is 0.533. The molecule has 0 spiro atoms. The Balaban J connectivity index is 2.13. The maximum atomic E-state index is 11.7. The molecule has 1 aromatic rings. The first-order chi connectivity index (χ1) is 8.61. The van der Waals surface area contributed by atoms with Gasteiger partial charge in [0.05, 0.1) is 13.0 Å². The van der Waals surface area contributed by atoms with Gasteiger partial charge >= 0.3 is 5.97 Å². The average Bonchev–Trinajstić information content (AvgIpc) is 3.03. The molecular formula is C15H20O3. The molecule has 1 aliphatic rings. The summed E-state index contributed by atoms with van der Waals surface area (Å²) in [6.45, 7) is 4.44. The van der Waals surface area contributed by atoms with Crippen molar-refractivity contribution < 1.29 is 14.6 Å². The van der Waals surface area contributed by atoms with Gasteiger partial charge in [-0.25, -0.2) is 0 Å². The van der Waals surface area contributed by atoms with Crippen LogP contribution in [-0.4, -0.2) is 17.7 Å². The number of benzene rings is 1. The van der Waals surface area contributed by atoms with Crippen LogP contribution in [-0.2, 0) is 9.53 Å². The molecule has 1 aliphatic carbocycles. The number of carbonyl (C=O) groups excluding carboxylic acids is 1. The maximum absolute atomic E-state index is 11.7. The van der Waals surface area contributed by atoms with Gasteiger partial charge < -0.3 is 9.84 Å². The minimum atomic E-state index is -0.148. The summed E-state index contributed by atoms with van der Waals surface area (Å²) >= 11 is 0. The van der Waals surface area contributed by atoms with E-state index in [2.05, 4.69) is 6.92 Å². The van der Waals surface area contributed by atoms with E-state index in [9.17, 15) is 9.90 Å². The van der Waals surface area contributed by atoms with Crippen LogP contribution in [0.25, 0.3) is 0 Å². The average molecular weight is 248 g/mol. The number of rotatable bonds is 5. The summed E-state index contributed by atoms with van der Waals surface area (Å²) in [6.07, 6.45) is 1.56. The van der Waals surface area contributed by atoms with Crippen LogP contribution in [0.1, 0.15) is 38.2 Å². The summed E-state index contributed by atoms with van der Waals surface area (Å²) in [6, 6.07) is 7.22. The second kappa shape index (κ2) is 5.42. The lowest BCUT2D eigenvalue weighted by Gasteiger charge is -2.16. The highest BCUT2D eigenvalue weighted by Gasteiger charge is 2.41. The van der Waals surface area contributed by atoms with Crippen LogP contribution >= 0.6 is 0 Å². The first kappa shape index (κ1) is 12.9. The lowest BCUT2D eigenvalue weighted by atomic mass is 9.90. The van der Waals surface area contributed by atoms with Crippen LogP contribution in [0.5, 0.6) is 5.75 Å². The van der Waals surface area contributed by atoms with Crippen LogP contribution in [0, 0.1) is 11.8 Å². The van der Waals surface area contributed by atoms with Crippen molar-refractivity contribution in [3.63, 3.8) is 0 Å². The van der Waals surface area contributed by atoms with Gasteiger partial charge in [-0.15, -0.1) is 0 Å². The normalized spacial score (nSPS) is 23.4. The van der Waals surface area contributed by atoms with Crippen molar-refractivity contribution in [2.24, 2.45) is 11.8 Å². The molecule has 0 aromatic heterocycles. The highest BCUT2D eigenvalue weighted by Crippen LogP contribution is 2.50. The van der Waals surface area contributed by atoms with E-state index >= 15 is 0 Å². The molecule has 3 heteroatoms. The Bertz CT molecular complexity index is 428. The van der Waals surface area contributed by atoms with E-state index in [1.807, 2.05) is 19.1 Å². The molecule has 98 valence electrons. The fourth-order valence-corrected chi connectivity index (χ4v) is 2.58. The molecule has 1 fully saturated rings. The van der Waals surface area contributed by atoms with Crippen LogP contribution < -0.4 is 0 Å². The molecule has 3 nitrogen and oxygen atoms in total. The summed E-state index contributed by atoms with van der Waals surface area (Å²) < 4.78 is 5.04. The van der Waals surface area contributed by atoms with E-state index in [1.54, 1.807) is 12.1 Å². The molecule has 2 rings (SSSR count). The minimum absolute atomic E-state index is 0.148. The number of carbonyl (C=O) groups is 1. The number of hydrogen-bond donors (Lipinski definition) is 1. The zero-order valence-corrected chi connectivity index (χ0v) is 10.9. The summed E-state index contributed by atoms with van der Waals surface area (Å²) in [5, 5.41) is 9.55. The molecule has 1 saturated carbocycles. The van der Waals surface area contributed by atoms with Crippen molar-refractivity contribution in [2.75, 3.05) is 6.61 Å². The zero-order chi connectivity index (χ0) is 13.1. The number of hydrogen-bond acceptors (Lipinski definition) is 3. The van der Waals surface area contributed by atoms with Gasteiger partial charge in [0.15, 0.2) is 0 Å². The van der Waals surface area contributed by atoms with Gasteiger partial charge in [0.1, 0.15) is 5.75 Å². The van der Waals surface area contributed by atoms with E-state index in [1.165, 1.54) is 0 Å². The predicted octanol–water partition coefficient (Wildman–Crippen LogP) is 3.09. The van der Waals surface area contributed by atoms with E-state index in [-0.39, 0.29) is 17.6 Å². The van der Waals surface area contributed by atoms with Gasteiger partial charge in [-0.2, -0.15) is 0 Å². The van der Waals surface area contributed by atoms with Crippen LogP contribution in [0.3, 0.4) is 0 Å². The number of phenolic OH excluding ortho intramolecular Hbond substituents is 1. The van der Waals surface area contributed by atoms with Crippen LogP contribution in [0.2, 0.25) is 0 Å². The molecule has 0 bridgehead atoms. The van der Waals surface area contributed by atoms with E-state index in [0.29, 0.717) is 24.9 Å². The third-order valence-corrected chi connectivity index (χ3v) is 3.68. The van der Waals surface area contributed by atoms with Gasteiger partial charge in [0.2, 0.25) is 0 Å². The molecular weight excluding hydrogens is 228 g/mol. The Morgan fingerprint density at radius 3 is 2.83 bits per heavy atom. The van der Waals surface area contributed by atoms with Gasteiger partial charge in [-0.1, -0.05) is 19.1 Å². The third kappa shape index (κ3) is 3.03. The SMILES string of the molecule is CCOC(=O)C[C@@H](c1cccc(O)c1)[C@@H]1C[C@H]1C. The molecule has 0 unspecified atom stereocenters. The Morgan fingerprint density at radius 1 is 1.56 bits per heavy atom. The molecule has 1 aromatic carbocycles. The standard InChI is InChI=1S/C15H20O3/c1-3-18-15(17)9-14(13-7-10(13)2)11-5-4-6-12(16)8-11/h4-6,8,10,13-14,16H,3,7,9H2,1-2H3/t10-,13-,14+/m1/s1. The van der Waals surface area contributed by atoms with E-state index < -0.39 is 0 Å². The van der Waals surface area contributed by atoms with Crippen molar-refractivity contribution in [1.29, 1.82) is 0 Å². The monoisotopic (exact) mass is 248 g/mol. The van der Waals surface area contributed by atoms with Gasteiger partial charge in [0.25, 0.3) is 0 Å². The third-order valence-electron chi connectivity index (χ3n) is 3.68. The van der Waals surface area contributed by atoms with Gasteiger partial charge in [0, 0.05) is 0 Å². The van der Waals surface area contributed by atoms with Crippen molar-refractivity contribution in [3.8, 4) is 5.75 Å². The Kier molecular flexibility index (Phi) is 3.90. The Hall–Kier alpha value is -1.51. The smallest absolute Gasteiger partial charge is 0.306 e. The first-order valence-electron chi connectivity index (χ1n) is 6.56. The molecule has 0 radical (unpaired) electrons. The largest absolute Gasteiger partial charge is 0.508 e. The first-order valence-corrected chi connectivity index (χ1v) is 6.56. The lowest BCUT2D eigenvalue weighted by molar-refractivity contribution is -0.143. The maximum Gasteiger partial charge on any atom is 0.306 e. The number of aromatic hydroxyl groups is 1. The quantitative estimate of drug-likeness (QED) is 0.814. The van der Waals surface area contributed by atoms with Gasteiger partial charge in [-0.3, -0.25) is 4.79 Å². The molecule has 18 heavy (non-hydrogen) atoms. The summed E-state index contributed by atoms with van der Waals surface area (Å²) in [5.41, 5.74) is 1.04. The molecule has 1 N–H and O–H groups in total. The molecule has 0 aliphatic heterocycles. The second-order valence-corrected chi connectivity index (χ2v) is 5.09. The summed E-state index contributed by atoms with van der Waals surface area (Å²) in [4.78, 5) is 11.7. The zero-order valence-electron chi connectivity index (χ0n) is 10.9. The second-order valence-electron chi connectivity index (χ2n) is 5.09. The molecule has 0 saturated heterocycles. The van der Waals surface area contributed by atoms with Gasteiger partial charge in [-0.05, 0) is 48.8 Å². The molecule has 0 heterocycles. The molecule has 0 amide bonds. The van der Waals surface area contributed by atoms with Crippen LogP contribution in [0.4, 0.5) is 0 Å². The topological polar surface area (TPSA) is 46.5 Å². The lowest BCUT2D eigenvalue weighted by Crippen LogP contribution is -2.12. The highest BCUT2D eigenvalue weighted by molar-refractivity contribution is 5.70. The van der Waals surface area contributed by atoms with Crippen molar-refractivity contribution in [3.05, 3.63) is 29.8 Å². The Labute approximate surface area is 108 Å². The number of ether oxygens (including phenoxy) is 1. The van der Waals surface area contributed by atoms with Crippen molar-refractivity contribution in [1.82, 2.24) is 0 Å². The van der Waals surface area contributed by atoms with E-state index in [0.717, 1.165) is 12.0 Å². The molecule has 3 atom stereocenters. The van der Waals surface area contributed by atoms with E-state index in [4.69, 9.17) is 4.74 Å².